The highest BCUT2D eigenvalue weighted by Crippen LogP contribution is 2.26. The Morgan fingerprint density at radius 3 is 2.62 bits per heavy atom. The molecule has 1 unspecified atom stereocenters. The number of aromatic nitrogens is 2. The summed E-state index contributed by atoms with van der Waals surface area (Å²) in [5, 5.41) is 9.52. The van der Waals surface area contributed by atoms with Crippen molar-refractivity contribution in [3.05, 3.63) is 65.7 Å². The van der Waals surface area contributed by atoms with E-state index in [1.165, 1.54) is 12.1 Å². The maximum absolute atomic E-state index is 13.5. The molecule has 0 saturated heterocycles. The van der Waals surface area contributed by atoms with Gasteiger partial charge in [-0.15, -0.1) is 0 Å². The zero-order chi connectivity index (χ0) is 14.8. The van der Waals surface area contributed by atoms with Crippen LogP contribution in [0.1, 0.15) is 17.3 Å². The maximum atomic E-state index is 13.5. The molecule has 0 fully saturated rings. The average Bonchev–Trinajstić information content (AvgIpc) is 2.53. The molecule has 4 nitrogen and oxygen atoms in total. The summed E-state index contributed by atoms with van der Waals surface area (Å²) >= 11 is 0. The van der Waals surface area contributed by atoms with Crippen molar-refractivity contribution in [3.63, 3.8) is 0 Å². The van der Waals surface area contributed by atoms with Crippen LogP contribution in [0.15, 0.2) is 48.7 Å². The van der Waals surface area contributed by atoms with Crippen LogP contribution >= 0.6 is 0 Å². The van der Waals surface area contributed by atoms with Gasteiger partial charge in [0, 0.05) is 10.8 Å². The van der Waals surface area contributed by atoms with Gasteiger partial charge in [-0.3, -0.25) is 0 Å². The fourth-order valence-electron chi connectivity index (χ4n) is 2.27. The highest BCUT2D eigenvalue weighted by atomic mass is 19.1. The van der Waals surface area contributed by atoms with Gasteiger partial charge in [-0.05, 0) is 35.9 Å². The number of halogens is 1. The minimum atomic E-state index is -0.478. The second-order valence-corrected chi connectivity index (χ2v) is 4.71. The first-order valence-electron chi connectivity index (χ1n) is 6.49. The number of nitrogens with zero attached hydrogens (tertiary/aromatic N) is 2. The zero-order valence-corrected chi connectivity index (χ0v) is 11.5. The van der Waals surface area contributed by atoms with Crippen LogP contribution in [-0.4, -0.2) is 17.3 Å². The summed E-state index contributed by atoms with van der Waals surface area (Å²) in [5.74, 6) is 0.430. The van der Waals surface area contributed by atoms with Gasteiger partial charge in [-0.1, -0.05) is 12.1 Å². The highest BCUT2D eigenvalue weighted by molar-refractivity contribution is 5.84. The van der Waals surface area contributed by atoms with Crippen LogP contribution < -0.4 is 10.5 Å². The number of hydrogen-bond acceptors (Lipinski definition) is 4. The predicted octanol–water partition coefficient (Wildman–Crippen LogP) is 2.83. The summed E-state index contributed by atoms with van der Waals surface area (Å²) in [7, 11) is 1.61. The topological polar surface area (TPSA) is 61.0 Å². The number of ether oxygens (including phenoxy) is 1. The normalized spacial score (nSPS) is 12.3. The van der Waals surface area contributed by atoms with Crippen molar-refractivity contribution in [2.45, 2.75) is 6.04 Å². The lowest BCUT2D eigenvalue weighted by atomic mass is 10.00. The number of hydrogen-bond donors (Lipinski definition) is 1. The van der Waals surface area contributed by atoms with Gasteiger partial charge >= 0.3 is 0 Å². The van der Waals surface area contributed by atoms with Crippen molar-refractivity contribution in [2.24, 2.45) is 5.73 Å². The van der Waals surface area contributed by atoms with Crippen molar-refractivity contribution < 1.29 is 9.13 Å². The summed E-state index contributed by atoms with van der Waals surface area (Å²) in [6.07, 6.45) is 1.60. The average molecular weight is 283 g/mol. The van der Waals surface area contributed by atoms with Crippen molar-refractivity contribution >= 4 is 10.8 Å². The molecule has 21 heavy (non-hydrogen) atoms. The molecule has 3 aromatic rings. The van der Waals surface area contributed by atoms with Gasteiger partial charge in [-0.2, -0.15) is 10.2 Å². The van der Waals surface area contributed by atoms with Gasteiger partial charge in [0.15, 0.2) is 0 Å². The second kappa shape index (κ2) is 5.46. The van der Waals surface area contributed by atoms with Gasteiger partial charge in [0.05, 0.1) is 25.0 Å². The molecule has 0 amide bonds. The largest absolute Gasteiger partial charge is 0.497 e. The van der Waals surface area contributed by atoms with Gasteiger partial charge in [-0.25, -0.2) is 4.39 Å². The molecule has 2 N–H and O–H groups in total. The first kappa shape index (κ1) is 13.5. The van der Waals surface area contributed by atoms with E-state index in [4.69, 9.17) is 10.5 Å². The molecular formula is C16H14FN3O. The van der Waals surface area contributed by atoms with E-state index in [1.807, 2.05) is 24.3 Å². The fraction of sp³-hybridized carbons (Fsp3) is 0.125. The Kier molecular flexibility index (Phi) is 3.50. The Hall–Kier alpha value is -2.53. The second-order valence-electron chi connectivity index (χ2n) is 4.71. The molecule has 1 heterocycles. The first-order valence-corrected chi connectivity index (χ1v) is 6.49. The molecule has 0 aliphatic rings. The van der Waals surface area contributed by atoms with Gasteiger partial charge in [0.2, 0.25) is 0 Å². The van der Waals surface area contributed by atoms with Crippen LogP contribution in [0.25, 0.3) is 10.8 Å². The Morgan fingerprint density at radius 1 is 1.14 bits per heavy atom. The van der Waals surface area contributed by atoms with Crippen LogP contribution in [0.3, 0.4) is 0 Å². The van der Waals surface area contributed by atoms with Crippen LogP contribution in [0.5, 0.6) is 5.75 Å². The molecule has 106 valence electrons. The predicted molar refractivity (Wildman–Crippen MR) is 78.5 cm³/mol. The van der Waals surface area contributed by atoms with E-state index >= 15 is 0 Å². The zero-order valence-electron chi connectivity index (χ0n) is 11.5. The van der Waals surface area contributed by atoms with Gasteiger partial charge < -0.3 is 10.5 Å². The molecule has 0 saturated carbocycles. The van der Waals surface area contributed by atoms with Gasteiger partial charge in [0.25, 0.3) is 0 Å². The van der Waals surface area contributed by atoms with Gasteiger partial charge in [0.1, 0.15) is 11.6 Å². The summed E-state index contributed by atoms with van der Waals surface area (Å²) < 4.78 is 18.6. The first-order chi connectivity index (χ1) is 10.2. The smallest absolute Gasteiger partial charge is 0.123 e. The third-order valence-electron chi connectivity index (χ3n) is 3.42. The third kappa shape index (κ3) is 2.55. The lowest BCUT2D eigenvalue weighted by Crippen LogP contribution is -2.14. The quantitative estimate of drug-likeness (QED) is 0.803. The Labute approximate surface area is 121 Å². The third-order valence-corrected chi connectivity index (χ3v) is 3.42. The summed E-state index contributed by atoms with van der Waals surface area (Å²) in [4.78, 5) is 0. The number of rotatable bonds is 3. The molecule has 0 aliphatic heterocycles. The van der Waals surface area contributed by atoms with E-state index in [2.05, 4.69) is 10.2 Å². The lowest BCUT2D eigenvalue weighted by Gasteiger charge is -2.13. The fourth-order valence-corrected chi connectivity index (χ4v) is 2.27. The standard InChI is InChI=1S/C16H14FN3O/c1-21-13-6-3-10(4-7-13)15(18)16-14-8-12(17)5-2-11(14)9-19-20-16/h2-9,15H,18H2,1H3. The van der Waals surface area contributed by atoms with E-state index in [0.29, 0.717) is 11.1 Å². The molecule has 5 heteroatoms. The number of nitrogens with two attached hydrogens (primary N) is 1. The molecule has 0 spiro atoms. The Bertz CT molecular complexity index is 774. The van der Waals surface area contributed by atoms with E-state index in [0.717, 1.165) is 16.7 Å². The molecule has 0 radical (unpaired) electrons. The van der Waals surface area contributed by atoms with Crippen LogP contribution in [-0.2, 0) is 0 Å². The minimum Gasteiger partial charge on any atom is -0.497 e. The molecule has 1 atom stereocenters. The van der Waals surface area contributed by atoms with E-state index in [1.54, 1.807) is 19.4 Å². The van der Waals surface area contributed by atoms with Crippen LogP contribution in [0.2, 0.25) is 0 Å². The molecule has 3 rings (SSSR count). The molecule has 2 aromatic carbocycles. The monoisotopic (exact) mass is 283 g/mol. The molecular weight excluding hydrogens is 269 g/mol. The number of methoxy groups -OCH3 is 1. The van der Waals surface area contributed by atoms with E-state index in [9.17, 15) is 4.39 Å². The Balaban J connectivity index is 2.08. The molecule has 1 aromatic heterocycles. The van der Waals surface area contributed by atoms with Crippen molar-refractivity contribution in [2.75, 3.05) is 7.11 Å². The molecule has 0 bridgehead atoms. The van der Waals surface area contributed by atoms with Crippen molar-refractivity contribution in [1.29, 1.82) is 0 Å². The van der Waals surface area contributed by atoms with E-state index < -0.39 is 6.04 Å². The lowest BCUT2D eigenvalue weighted by molar-refractivity contribution is 0.414. The van der Waals surface area contributed by atoms with Crippen LogP contribution in [0.4, 0.5) is 4.39 Å². The summed E-state index contributed by atoms with van der Waals surface area (Å²) in [6.45, 7) is 0. The van der Waals surface area contributed by atoms with Crippen molar-refractivity contribution in [1.82, 2.24) is 10.2 Å². The summed E-state index contributed by atoms with van der Waals surface area (Å²) in [5.41, 5.74) is 7.67. The summed E-state index contributed by atoms with van der Waals surface area (Å²) in [6, 6.07) is 11.4. The van der Waals surface area contributed by atoms with Crippen molar-refractivity contribution in [3.8, 4) is 5.75 Å². The Morgan fingerprint density at radius 2 is 1.90 bits per heavy atom. The SMILES string of the molecule is COc1ccc(C(N)c2nncc3ccc(F)cc23)cc1. The highest BCUT2D eigenvalue weighted by Gasteiger charge is 2.15. The maximum Gasteiger partial charge on any atom is 0.123 e. The number of benzene rings is 2. The van der Waals surface area contributed by atoms with E-state index in [-0.39, 0.29) is 5.82 Å². The number of fused-ring (bicyclic) bond motifs is 1. The van der Waals surface area contributed by atoms with Crippen LogP contribution in [0, 0.1) is 5.82 Å². The molecule has 0 aliphatic carbocycles. The minimum absolute atomic E-state index is 0.321.